The number of aromatic nitrogens is 2. The highest BCUT2D eigenvalue weighted by atomic mass is 19.1. The Bertz CT molecular complexity index is 920. The van der Waals surface area contributed by atoms with Gasteiger partial charge in [0.2, 0.25) is 0 Å². The number of para-hydroxylation sites is 1. The van der Waals surface area contributed by atoms with Gasteiger partial charge in [-0.25, -0.2) is 9.37 Å². The molecule has 3 nitrogen and oxygen atoms in total. The van der Waals surface area contributed by atoms with Gasteiger partial charge in [-0.05, 0) is 74.0 Å². The summed E-state index contributed by atoms with van der Waals surface area (Å²) in [4.78, 5) is 7.47. The van der Waals surface area contributed by atoms with Gasteiger partial charge in [-0.2, -0.15) is 0 Å². The van der Waals surface area contributed by atoms with Gasteiger partial charge in [-0.1, -0.05) is 24.3 Å². The lowest BCUT2D eigenvalue weighted by atomic mass is 9.89. The largest absolute Gasteiger partial charge is 0.327 e. The predicted molar refractivity (Wildman–Crippen MR) is 102 cm³/mol. The molecular formula is C22H24FN3. The summed E-state index contributed by atoms with van der Waals surface area (Å²) in [6.45, 7) is 4.19. The molecule has 5 rings (SSSR count). The number of imidazole rings is 1. The van der Waals surface area contributed by atoms with Crippen LogP contribution in [0.3, 0.4) is 0 Å². The monoisotopic (exact) mass is 349 g/mol. The molecule has 134 valence electrons. The molecule has 1 aromatic heterocycles. The van der Waals surface area contributed by atoms with Crippen LogP contribution >= 0.6 is 0 Å². The summed E-state index contributed by atoms with van der Waals surface area (Å²) >= 11 is 0. The molecule has 2 aliphatic heterocycles. The number of piperidine rings is 1. The van der Waals surface area contributed by atoms with E-state index < -0.39 is 0 Å². The molecular weight excluding hydrogens is 325 g/mol. The third-order valence-electron chi connectivity index (χ3n) is 6.05. The van der Waals surface area contributed by atoms with E-state index in [-0.39, 0.29) is 5.82 Å². The van der Waals surface area contributed by atoms with E-state index in [1.54, 1.807) is 12.1 Å². The van der Waals surface area contributed by atoms with Crippen LogP contribution in [0, 0.1) is 5.82 Å². The summed E-state index contributed by atoms with van der Waals surface area (Å²) in [6.07, 6.45) is 4.65. The minimum absolute atomic E-state index is 0.147. The highest BCUT2D eigenvalue weighted by Crippen LogP contribution is 2.30. The molecule has 0 spiro atoms. The van der Waals surface area contributed by atoms with Gasteiger partial charge in [0, 0.05) is 6.54 Å². The van der Waals surface area contributed by atoms with Gasteiger partial charge in [0.25, 0.3) is 0 Å². The van der Waals surface area contributed by atoms with Crippen LogP contribution in [0.5, 0.6) is 0 Å². The molecule has 3 heterocycles. The Hall–Kier alpha value is -2.20. The van der Waals surface area contributed by atoms with E-state index in [0.717, 1.165) is 44.5 Å². The number of hydrogen-bond acceptors (Lipinski definition) is 2. The molecule has 0 radical (unpaired) electrons. The molecule has 3 aromatic rings. The highest BCUT2D eigenvalue weighted by Gasteiger charge is 2.23. The molecule has 1 fully saturated rings. The van der Waals surface area contributed by atoms with Crippen molar-refractivity contribution in [1.82, 2.24) is 14.5 Å². The zero-order valence-corrected chi connectivity index (χ0v) is 15.0. The molecule has 26 heavy (non-hydrogen) atoms. The van der Waals surface area contributed by atoms with E-state index in [1.807, 2.05) is 12.1 Å². The van der Waals surface area contributed by atoms with Gasteiger partial charge in [-0.3, -0.25) is 4.90 Å². The Labute approximate surface area is 153 Å². The van der Waals surface area contributed by atoms with Crippen molar-refractivity contribution in [2.45, 2.75) is 44.7 Å². The van der Waals surface area contributed by atoms with Gasteiger partial charge < -0.3 is 4.57 Å². The Morgan fingerprint density at radius 1 is 1.00 bits per heavy atom. The van der Waals surface area contributed by atoms with Crippen molar-refractivity contribution in [2.75, 3.05) is 13.1 Å². The van der Waals surface area contributed by atoms with Gasteiger partial charge in [0.15, 0.2) is 0 Å². The average Bonchev–Trinajstić information content (AvgIpc) is 3.03. The maximum Gasteiger partial charge on any atom is 0.124 e. The lowest BCUT2D eigenvalue weighted by Gasteiger charge is -2.32. The number of likely N-dealkylation sites (tertiary alicyclic amines) is 1. The highest BCUT2D eigenvalue weighted by molar-refractivity contribution is 5.80. The van der Waals surface area contributed by atoms with Crippen molar-refractivity contribution in [2.24, 2.45) is 0 Å². The molecule has 0 saturated carbocycles. The van der Waals surface area contributed by atoms with Gasteiger partial charge in [-0.15, -0.1) is 0 Å². The second-order valence-corrected chi connectivity index (χ2v) is 7.67. The summed E-state index contributed by atoms with van der Waals surface area (Å²) < 4.78 is 15.6. The zero-order chi connectivity index (χ0) is 17.5. The number of rotatable bonds is 3. The lowest BCUT2D eigenvalue weighted by molar-refractivity contribution is 0.198. The normalized spacial score (nSPS) is 18.5. The molecule has 0 N–H and O–H groups in total. The molecule has 0 atom stereocenters. The first-order chi connectivity index (χ1) is 12.8. The fourth-order valence-electron chi connectivity index (χ4n) is 4.66. The van der Waals surface area contributed by atoms with E-state index in [4.69, 9.17) is 4.98 Å². The van der Waals surface area contributed by atoms with Crippen molar-refractivity contribution in [3.63, 3.8) is 0 Å². The van der Waals surface area contributed by atoms with Crippen LogP contribution in [-0.4, -0.2) is 27.5 Å². The van der Waals surface area contributed by atoms with Crippen molar-refractivity contribution in [3.05, 3.63) is 65.2 Å². The minimum atomic E-state index is -0.147. The molecule has 2 aliphatic rings. The maximum atomic E-state index is 13.1. The fourth-order valence-corrected chi connectivity index (χ4v) is 4.66. The average molecular weight is 349 g/mol. The van der Waals surface area contributed by atoms with E-state index >= 15 is 0 Å². The quantitative estimate of drug-likeness (QED) is 0.694. The van der Waals surface area contributed by atoms with Gasteiger partial charge in [0.05, 0.1) is 17.6 Å². The first-order valence-electron chi connectivity index (χ1n) is 9.73. The van der Waals surface area contributed by atoms with Gasteiger partial charge >= 0.3 is 0 Å². The number of benzene rings is 2. The van der Waals surface area contributed by atoms with Crippen LogP contribution in [0.4, 0.5) is 4.39 Å². The summed E-state index contributed by atoms with van der Waals surface area (Å²) in [5.74, 6) is 1.62. The minimum Gasteiger partial charge on any atom is -0.327 e. The van der Waals surface area contributed by atoms with E-state index in [9.17, 15) is 4.39 Å². The number of nitrogens with zero attached hydrogens (tertiary/aromatic N) is 3. The molecule has 1 saturated heterocycles. The number of aryl methyl sites for hydroxylation is 2. The summed E-state index contributed by atoms with van der Waals surface area (Å²) in [7, 11) is 0. The molecule has 0 amide bonds. The van der Waals surface area contributed by atoms with Crippen LogP contribution < -0.4 is 0 Å². The summed E-state index contributed by atoms with van der Waals surface area (Å²) in [6, 6.07) is 13.6. The molecule has 0 unspecified atom stereocenters. The maximum absolute atomic E-state index is 13.1. The second kappa shape index (κ2) is 6.51. The Kier molecular flexibility index (Phi) is 4.01. The first kappa shape index (κ1) is 16.0. The van der Waals surface area contributed by atoms with Crippen LogP contribution in [0.1, 0.15) is 42.1 Å². The van der Waals surface area contributed by atoms with Crippen LogP contribution in [0.25, 0.3) is 11.0 Å². The second-order valence-electron chi connectivity index (χ2n) is 7.67. The Balaban J connectivity index is 1.31. The van der Waals surface area contributed by atoms with E-state index in [1.165, 1.54) is 35.3 Å². The molecule has 0 aliphatic carbocycles. The standard InChI is InChI=1S/C22H24FN3/c23-19-8-6-16(7-9-19)17-10-13-25(14-11-17)15-21-24-20-5-1-3-18-4-2-12-26(21)22(18)20/h1,3,5-9,17H,2,4,10-15H2. The molecule has 4 heteroatoms. The lowest BCUT2D eigenvalue weighted by Crippen LogP contribution is -2.33. The topological polar surface area (TPSA) is 21.1 Å². The van der Waals surface area contributed by atoms with Crippen LogP contribution in [-0.2, 0) is 19.5 Å². The number of halogens is 1. The van der Waals surface area contributed by atoms with Crippen molar-refractivity contribution >= 4 is 11.0 Å². The fraction of sp³-hybridized carbons (Fsp3) is 0.409. The summed E-state index contributed by atoms with van der Waals surface area (Å²) in [5.41, 5.74) is 5.23. The van der Waals surface area contributed by atoms with E-state index in [0.29, 0.717) is 5.92 Å². The van der Waals surface area contributed by atoms with Crippen molar-refractivity contribution in [3.8, 4) is 0 Å². The smallest absolute Gasteiger partial charge is 0.124 e. The van der Waals surface area contributed by atoms with Crippen LogP contribution in [0.15, 0.2) is 42.5 Å². The van der Waals surface area contributed by atoms with Crippen molar-refractivity contribution < 1.29 is 4.39 Å². The van der Waals surface area contributed by atoms with E-state index in [2.05, 4.69) is 27.7 Å². The van der Waals surface area contributed by atoms with Crippen LogP contribution in [0.2, 0.25) is 0 Å². The molecule has 0 bridgehead atoms. The zero-order valence-electron chi connectivity index (χ0n) is 15.0. The third kappa shape index (κ3) is 2.82. The SMILES string of the molecule is Fc1ccc(C2CCN(Cc3nc4cccc5c4n3CCC5)CC2)cc1. The Morgan fingerprint density at radius 2 is 1.81 bits per heavy atom. The predicted octanol–water partition coefficient (Wildman–Crippen LogP) is 4.50. The third-order valence-corrected chi connectivity index (χ3v) is 6.05. The summed E-state index contributed by atoms with van der Waals surface area (Å²) in [5, 5.41) is 0. The Morgan fingerprint density at radius 3 is 2.62 bits per heavy atom. The van der Waals surface area contributed by atoms with Gasteiger partial charge in [0.1, 0.15) is 11.6 Å². The number of hydrogen-bond donors (Lipinski definition) is 0. The van der Waals surface area contributed by atoms with Crippen molar-refractivity contribution in [1.29, 1.82) is 0 Å². The molecule has 2 aromatic carbocycles. The first-order valence-corrected chi connectivity index (χ1v) is 9.73.